The molecule has 0 saturated carbocycles. The number of nitrogens with one attached hydrogen (secondary N) is 1. The van der Waals surface area contributed by atoms with Crippen LogP contribution in [0.2, 0.25) is 0 Å². The first kappa shape index (κ1) is 23.4. The third-order valence-corrected chi connectivity index (χ3v) is 6.39. The Morgan fingerprint density at radius 3 is 2.69 bits per heavy atom. The van der Waals surface area contributed by atoms with Crippen LogP contribution in [0, 0.1) is 18.7 Å². The Morgan fingerprint density at radius 1 is 1.14 bits per heavy atom. The van der Waals surface area contributed by atoms with Crippen LogP contribution in [0.3, 0.4) is 0 Å². The van der Waals surface area contributed by atoms with Crippen molar-refractivity contribution in [2.45, 2.75) is 26.4 Å². The molecule has 1 atom stereocenters. The van der Waals surface area contributed by atoms with Gasteiger partial charge in [-0.05, 0) is 25.1 Å². The second kappa shape index (κ2) is 9.73. The van der Waals surface area contributed by atoms with Crippen LogP contribution in [0.5, 0.6) is 0 Å². The standard InChI is InChI=1S/C26H25FN6O3/c1-17-6-8-20(9-7-17)32-15-19(12-23(32)34)25(35)28-10-11-33-24-21(13-30-33)26(36)31(16-29-24)14-18-4-2-3-5-22(18)27/h2-9,13,16,19H,10-12,14-15H2,1H3,(H,28,35). The summed E-state index contributed by atoms with van der Waals surface area (Å²) in [6.07, 6.45) is 2.96. The van der Waals surface area contributed by atoms with Crippen molar-refractivity contribution in [1.82, 2.24) is 24.6 Å². The van der Waals surface area contributed by atoms with E-state index in [1.165, 1.54) is 23.2 Å². The lowest BCUT2D eigenvalue weighted by Gasteiger charge is -2.17. The fraction of sp³-hybridized carbons (Fsp3) is 0.269. The van der Waals surface area contributed by atoms with Crippen LogP contribution < -0.4 is 15.8 Å². The predicted molar refractivity (Wildman–Crippen MR) is 132 cm³/mol. The van der Waals surface area contributed by atoms with E-state index < -0.39 is 5.92 Å². The van der Waals surface area contributed by atoms with Gasteiger partial charge in [-0.3, -0.25) is 19.0 Å². The minimum atomic E-state index is -0.433. The number of carbonyl (C=O) groups excluding carboxylic acids is 2. The lowest BCUT2D eigenvalue weighted by molar-refractivity contribution is -0.126. The van der Waals surface area contributed by atoms with E-state index in [4.69, 9.17) is 0 Å². The van der Waals surface area contributed by atoms with Crippen molar-refractivity contribution in [1.29, 1.82) is 0 Å². The summed E-state index contributed by atoms with van der Waals surface area (Å²) in [4.78, 5) is 44.0. The summed E-state index contributed by atoms with van der Waals surface area (Å²) in [5.41, 5.74) is 2.35. The van der Waals surface area contributed by atoms with E-state index in [9.17, 15) is 18.8 Å². The summed E-state index contributed by atoms with van der Waals surface area (Å²) >= 11 is 0. The van der Waals surface area contributed by atoms with Crippen molar-refractivity contribution in [3.63, 3.8) is 0 Å². The van der Waals surface area contributed by atoms with Gasteiger partial charge in [0.05, 0.1) is 25.2 Å². The molecule has 1 aliphatic rings. The highest BCUT2D eigenvalue weighted by Gasteiger charge is 2.34. The summed E-state index contributed by atoms with van der Waals surface area (Å²) < 4.78 is 16.9. The van der Waals surface area contributed by atoms with Crippen LogP contribution >= 0.6 is 0 Å². The van der Waals surface area contributed by atoms with Gasteiger partial charge in [-0.25, -0.2) is 14.1 Å². The Balaban J connectivity index is 1.20. The third-order valence-electron chi connectivity index (χ3n) is 6.39. The van der Waals surface area contributed by atoms with Gasteiger partial charge in [-0.1, -0.05) is 35.9 Å². The highest BCUT2D eigenvalue weighted by molar-refractivity contribution is 6.00. The average molecular weight is 489 g/mol. The smallest absolute Gasteiger partial charge is 0.264 e. The lowest BCUT2D eigenvalue weighted by atomic mass is 10.1. The van der Waals surface area contributed by atoms with Gasteiger partial charge >= 0.3 is 0 Å². The number of hydrogen-bond acceptors (Lipinski definition) is 5. The summed E-state index contributed by atoms with van der Waals surface area (Å²) in [5.74, 6) is -1.10. The number of amides is 2. The van der Waals surface area contributed by atoms with Crippen molar-refractivity contribution in [2.75, 3.05) is 18.0 Å². The SMILES string of the molecule is Cc1ccc(N2CC(C(=O)NCCn3ncc4c(=O)n(Cc5ccccc5F)cnc43)CC2=O)cc1. The third kappa shape index (κ3) is 4.61. The molecular weight excluding hydrogens is 463 g/mol. The number of hydrogen-bond donors (Lipinski definition) is 1. The van der Waals surface area contributed by atoms with E-state index >= 15 is 0 Å². The molecule has 1 unspecified atom stereocenters. The molecule has 2 aromatic heterocycles. The Morgan fingerprint density at radius 2 is 1.92 bits per heavy atom. The second-order valence-electron chi connectivity index (χ2n) is 8.91. The molecule has 0 aliphatic carbocycles. The zero-order chi connectivity index (χ0) is 25.2. The van der Waals surface area contributed by atoms with Gasteiger partial charge in [0.1, 0.15) is 17.5 Å². The minimum Gasteiger partial charge on any atom is -0.354 e. The second-order valence-corrected chi connectivity index (χ2v) is 8.91. The number of aromatic nitrogens is 4. The lowest BCUT2D eigenvalue weighted by Crippen LogP contribution is -2.35. The fourth-order valence-corrected chi connectivity index (χ4v) is 4.37. The Kier molecular flexibility index (Phi) is 6.32. The maximum Gasteiger partial charge on any atom is 0.264 e. The number of fused-ring (bicyclic) bond motifs is 1. The topological polar surface area (TPSA) is 102 Å². The van der Waals surface area contributed by atoms with E-state index in [0.717, 1.165) is 11.3 Å². The van der Waals surface area contributed by atoms with Gasteiger partial charge in [-0.2, -0.15) is 5.10 Å². The van der Waals surface area contributed by atoms with Crippen LogP contribution in [0.15, 0.2) is 65.8 Å². The van der Waals surface area contributed by atoms with Crippen molar-refractivity contribution in [2.24, 2.45) is 5.92 Å². The van der Waals surface area contributed by atoms with Gasteiger partial charge in [0.2, 0.25) is 11.8 Å². The monoisotopic (exact) mass is 488 g/mol. The van der Waals surface area contributed by atoms with E-state index in [1.807, 2.05) is 31.2 Å². The number of rotatable bonds is 7. The van der Waals surface area contributed by atoms with Gasteiger partial charge in [0, 0.05) is 30.8 Å². The quantitative estimate of drug-likeness (QED) is 0.430. The molecule has 0 bridgehead atoms. The molecule has 1 saturated heterocycles. The summed E-state index contributed by atoms with van der Waals surface area (Å²) in [6.45, 7) is 2.95. The summed E-state index contributed by atoms with van der Waals surface area (Å²) in [5, 5.41) is 7.42. The van der Waals surface area contributed by atoms with Gasteiger partial charge in [0.15, 0.2) is 5.65 Å². The molecule has 9 nitrogen and oxygen atoms in total. The molecule has 0 radical (unpaired) electrons. The van der Waals surface area contributed by atoms with Crippen LogP contribution in [0.4, 0.5) is 10.1 Å². The fourth-order valence-electron chi connectivity index (χ4n) is 4.37. The molecule has 2 aromatic carbocycles. The maximum atomic E-state index is 14.0. The summed E-state index contributed by atoms with van der Waals surface area (Å²) in [7, 11) is 0. The number of nitrogens with zero attached hydrogens (tertiary/aromatic N) is 5. The maximum absolute atomic E-state index is 14.0. The molecule has 5 rings (SSSR count). The molecular formula is C26H25FN6O3. The van der Waals surface area contributed by atoms with Gasteiger partial charge in [-0.15, -0.1) is 0 Å². The molecule has 10 heteroatoms. The molecule has 0 spiro atoms. The number of halogens is 1. The average Bonchev–Trinajstić information content (AvgIpc) is 3.47. The first-order valence-corrected chi connectivity index (χ1v) is 11.7. The predicted octanol–water partition coefficient (Wildman–Crippen LogP) is 2.26. The molecule has 3 heterocycles. The molecule has 4 aromatic rings. The number of carbonyl (C=O) groups is 2. The minimum absolute atomic E-state index is 0.0649. The van der Waals surface area contributed by atoms with Crippen molar-refractivity contribution < 1.29 is 14.0 Å². The molecule has 1 fully saturated rings. The molecule has 1 N–H and O–H groups in total. The largest absolute Gasteiger partial charge is 0.354 e. The van der Waals surface area contributed by atoms with E-state index in [1.54, 1.807) is 27.8 Å². The zero-order valence-corrected chi connectivity index (χ0v) is 19.7. The van der Waals surface area contributed by atoms with Crippen molar-refractivity contribution in [3.05, 3.63) is 88.4 Å². The first-order chi connectivity index (χ1) is 17.4. The number of anilines is 1. The normalized spacial score (nSPS) is 15.6. The summed E-state index contributed by atoms with van der Waals surface area (Å²) in [6, 6.07) is 13.9. The van der Waals surface area contributed by atoms with Gasteiger partial charge in [0.25, 0.3) is 5.56 Å². The van der Waals surface area contributed by atoms with E-state index in [0.29, 0.717) is 29.7 Å². The van der Waals surface area contributed by atoms with Gasteiger partial charge < -0.3 is 10.2 Å². The Hall–Kier alpha value is -4.34. The molecule has 1 aliphatic heterocycles. The molecule has 36 heavy (non-hydrogen) atoms. The van der Waals surface area contributed by atoms with Crippen molar-refractivity contribution in [3.8, 4) is 0 Å². The highest BCUT2D eigenvalue weighted by atomic mass is 19.1. The molecule has 184 valence electrons. The molecule has 2 amide bonds. The van der Waals surface area contributed by atoms with E-state index in [2.05, 4.69) is 15.4 Å². The first-order valence-electron chi connectivity index (χ1n) is 11.7. The highest BCUT2D eigenvalue weighted by Crippen LogP contribution is 2.25. The van der Waals surface area contributed by atoms with Crippen molar-refractivity contribution >= 4 is 28.5 Å². The van der Waals surface area contributed by atoms with E-state index in [-0.39, 0.29) is 42.7 Å². The Bertz CT molecular complexity index is 1490. The Labute approximate surface area is 206 Å². The number of aryl methyl sites for hydroxylation is 1. The van der Waals surface area contributed by atoms with Crippen LogP contribution in [-0.2, 0) is 22.7 Å². The van der Waals surface area contributed by atoms with Crippen LogP contribution in [0.25, 0.3) is 11.0 Å². The van der Waals surface area contributed by atoms with Crippen LogP contribution in [0.1, 0.15) is 17.5 Å². The number of benzene rings is 2. The zero-order valence-electron chi connectivity index (χ0n) is 19.7. The van der Waals surface area contributed by atoms with Crippen LogP contribution in [-0.4, -0.2) is 44.2 Å².